The van der Waals surface area contributed by atoms with Gasteiger partial charge in [-0.25, -0.2) is 12.7 Å². The van der Waals surface area contributed by atoms with Crippen molar-refractivity contribution in [2.45, 2.75) is 38.3 Å². The van der Waals surface area contributed by atoms with E-state index in [-0.39, 0.29) is 0 Å². The molecule has 4 nitrogen and oxygen atoms in total. The third kappa shape index (κ3) is 4.35. The second-order valence-electron chi connectivity index (χ2n) is 6.89. The highest BCUT2D eigenvalue weighted by molar-refractivity contribution is 7.88. The highest BCUT2D eigenvalue weighted by Crippen LogP contribution is 2.18. The van der Waals surface area contributed by atoms with Crippen LogP contribution in [0, 0.1) is 0 Å². The van der Waals surface area contributed by atoms with E-state index in [9.17, 15) is 8.42 Å². The molecule has 2 aromatic carbocycles. The second-order valence-corrected chi connectivity index (χ2v) is 8.87. The molecule has 0 bridgehead atoms. The van der Waals surface area contributed by atoms with Crippen molar-refractivity contribution < 1.29 is 8.42 Å². The lowest BCUT2D eigenvalue weighted by atomic mass is 10.0. The van der Waals surface area contributed by atoms with Gasteiger partial charge < -0.3 is 5.32 Å². The van der Waals surface area contributed by atoms with Crippen molar-refractivity contribution in [2.75, 3.05) is 19.3 Å². The Balaban J connectivity index is 1.54. The van der Waals surface area contributed by atoms with Gasteiger partial charge in [-0.3, -0.25) is 0 Å². The van der Waals surface area contributed by atoms with Crippen molar-refractivity contribution in [3.05, 3.63) is 48.0 Å². The van der Waals surface area contributed by atoms with Crippen LogP contribution >= 0.6 is 0 Å². The minimum absolute atomic E-state index is 0.376. The molecule has 3 rings (SSSR count). The Morgan fingerprint density at radius 3 is 2.46 bits per heavy atom. The number of nitrogens with zero attached hydrogens (tertiary/aromatic N) is 1. The first kappa shape index (κ1) is 17.4. The average molecular weight is 346 g/mol. The number of rotatable bonds is 5. The van der Waals surface area contributed by atoms with Crippen LogP contribution in [-0.2, 0) is 16.4 Å². The fourth-order valence-electron chi connectivity index (χ4n) is 3.53. The molecule has 130 valence electrons. The normalized spacial score (nSPS) is 18.8. The fraction of sp³-hybridized carbons (Fsp3) is 0.474. The summed E-state index contributed by atoms with van der Waals surface area (Å²) in [7, 11) is -3.04. The molecule has 0 aromatic heterocycles. The van der Waals surface area contributed by atoms with Crippen LogP contribution in [0.4, 0.5) is 0 Å². The first-order chi connectivity index (χ1) is 11.4. The predicted octanol–water partition coefficient (Wildman–Crippen LogP) is 2.78. The number of piperidine rings is 1. The average Bonchev–Trinajstić information content (AvgIpc) is 2.54. The van der Waals surface area contributed by atoms with Gasteiger partial charge >= 0.3 is 0 Å². The molecule has 0 unspecified atom stereocenters. The molecule has 24 heavy (non-hydrogen) atoms. The Hall–Kier alpha value is -1.43. The van der Waals surface area contributed by atoms with Crippen LogP contribution in [0.25, 0.3) is 10.8 Å². The van der Waals surface area contributed by atoms with Crippen LogP contribution in [0.1, 0.15) is 25.3 Å². The Morgan fingerprint density at radius 1 is 1.12 bits per heavy atom. The maximum Gasteiger partial charge on any atom is 0.211 e. The summed E-state index contributed by atoms with van der Waals surface area (Å²) in [5, 5.41) is 6.22. The maximum atomic E-state index is 11.6. The number of benzene rings is 2. The zero-order valence-electron chi connectivity index (χ0n) is 14.4. The third-order valence-electron chi connectivity index (χ3n) is 4.80. The molecule has 1 atom stereocenters. The van der Waals surface area contributed by atoms with Gasteiger partial charge in [0, 0.05) is 25.2 Å². The summed E-state index contributed by atoms with van der Waals surface area (Å²) >= 11 is 0. The number of nitrogens with one attached hydrogen (secondary N) is 1. The van der Waals surface area contributed by atoms with E-state index in [2.05, 4.69) is 54.7 Å². The summed E-state index contributed by atoms with van der Waals surface area (Å²) in [6, 6.07) is 15.8. The van der Waals surface area contributed by atoms with E-state index in [1.165, 1.54) is 22.6 Å². The minimum atomic E-state index is -3.04. The van der Waals surface area contributed by atoms with E-state index in [0.29, 0.717) is 25.2 Å². The molecule has 1 aliphatic rings. The van der Waals surface area contributed by atoms with E-state index in [4.69, 9.17) is 0 Å². The lowest BCUT2D eigenvalue weighted by molar-refractivity contribution is 0.277. The number of sulfonamides is 1. The van der Waals surface area contributed by atoms with E-state index in [1.807, 2.05) is 0 Å². The standard InChI is InChI=1S/C19H26N2O2S/c1-15(20-19-9-11-21(12-10-19)24(2,22)23)13-16-7-8-17-5-3-4-6-18(17)14-16/h3-8,14-15,19-20H,9-13H2,1-2H3/t15-/m1/s1. The molecule has 0 amide bonds. The second kappa shape index (κ2) is 7.21. The van der Waals surface area contributed by atoms with Crippen molar-refractivity contribution in [2.24, 2.45) is 0 Å². The molecular weight excluding hydrogens is 320 g/mol. The Kier molecular flexibility index (Phi) is 5.23. The Labute approximate surface area is 144 Å². The highest BCUT2D eigenvalue weighted by Gasteiger charge is 2.25. The van der Waals surface area contributed by atoms with Crippen molar-refractivity contribution >= 4 is 20.8 Å². The smallest absolute Gasteiger partial charge is 0.211 e. The molecule has 0 saturated carbocycles. The zero-order chi connectivity index (χ0) is 17.2. The molecule has 0 radical (unpaired) electrons. The van der Waals surface area contributed by atoms with Gasteiger partial charge in [0.1, 0.15) is 0 Å². The molecule has 0 spiro atoms. The zero-order valence-corrected chi connectivity index (χ0v) is 15.2. The summed E-state index contributed by atoms with van der Waals surface area (Å²) in [5.74, 6) is 0. The molecule has 2 aromatic rings. The molecular formula is C19H26N2O2S. The lowest BCUT2D eigenvalue weighted by Crippen LogP contribution is -2.47. The molecule has 5 heteroatoms. The van der Waals surface area contributed by atoms with Gasteiger partial charge in [0.05, 0.1) is 6.26 Å². The van der Waals surface area contributed by atoms with E-state index < -0.39 is 10.0 Å². The van der Waals surface area contributed by atoms with Crippen LogP contribution in [0.2, 0.25) is 0 Å². The molecule has 1 fully saturated rings. The van der Waals surface area contributed by atoms with Crippen LogP contribution in [0.5, 0.6) is 0 Å². The highest BCUT2D eigenvalue weighted by atomic mass is 32.2. The van der Waals surface area contributed by atoms with Crippen LogP contribution in [0.3, 0.4) is 0 Å². The van der Waals surface area contributed by atoms with Crippen LogP contribution < -0.4 is 5.32 Å². The SMILES string of the molecule is C[C@H](Cc1ccc2ccccc2c1)NC1CCN(S(C)(=O)=O)CC1. The van der Waals surface area contributed by atoms with Gasteiger partial charge in [-0.15, -0.1) is 0 Å². The molecule has 1 saturated heterocycles. The summed E-state index contributed by atoms with van der Waals surface area (Å²) in [6.07, 6.45) is 4.05. The minimum Gasteiger partial charge on any atom is -0.311 e. The molecule has 1 aliphatic heterocycles. The lowest BCUT2D eigenvalue weighted by Gasteiger charge is -2.32. The largest absolute Gasteiger partial charge is 0.311 e. The first-order valence-electron chi connectivity index (χ1n) is 8.60. The van der Waals surface area contributed by atoms with Gasteiger partial charge in [0.25, 0.3) is 0 Å². The molecule has 0 aliphatic carbocycles. The molecule has 1 heterocycles. The first-order valence-corrected chi connectivity index (χ1v) is 10.5. The van der Waals surface area contributed by atoms with Crippen molar-refractivity contribution in [3.63, 3.8) is 0 Å². The van der Waals surface area contributed by atoms with Gasteiger partial charge in [0.15, 0.2) is 0 Å². The number of hydrogen-bond acceptors (Lipinski definition) is 3. The topological polar surface area (TPSA) is 49.4 Å². The summed E-state index contributed by atoms with van der Waals surface area (Å²) in [4.78, 5) is 0. The Bertz CT molecular complexity index is 796. The molecule has 1 N–H and O–H groups in total. The van der Waals surface area contributed by atoms with Gasteiger partial charge in [-0.05, 0) is 42.5 Å². The predicted molar refractivity (Wildman–Crippen MR) is 99.7 cm³/mol. The van der Waals surface area contributed by atoms with Crippen LogP contribution in [-0.4, -0.2) is 44.2 Å². The maximum absolute atomic E-state index is 11.6. The fourth-order valence-corrected chi connectivity index (χ4v) is 4.41. The van der Waals surface area contributed by atoms with Crippen LogP contribution in [0.15, 0.2) is 42.5 Å². The number of hydrogen-bond donors (Lipinski definition) is 1. The van der Waals surface area contributed by atoms with Crippen molar-refractivity contribution in [3.8, 4) is 0 Å². The summed E-state index contributed by atoms with van der Waals surface area (Å²) in [5.41, 5.74) is 1.34. The summed E-state index contributed by atoms with van der Waals surface area (Å²) < 4.78 is 24.7. The number of fused-ring (bicyclic) bond motifs is 1. The van der Waals surface area contributed by atoms with E-state index in [1.54, 1.807) is 4.31 Å². The Morgan fingerprint density at radius 2 is 1.79 bits per heavy atom. The third-order valence-corrected chi connectivity index (χ3v) is 6.10. The van der Waals surface area contributed by atoms with Gasteiger partial charge in [-0.2, -0.15) is 0 Å². The van der Waals surface area contributed by atoms with Gasteiger partial charge in [0.2, 0.25) is 10.0 Å². The van der Waals surface area contributed by atoms with E-state index >= 15 is 0 Å². The van der Waals surface area contributed by atoms with E-state index in [0.717, 1.165) is 19.3 Å². The quantitative estimate of drug-likeness (QED) is 0.906. The monoisotopic (exact) mass is 346 g/mol. The van der Waals surface area contributed by atoms with Gasteiger partial charge in [-0.1, -0.05) is 42.5 Å². The van der Waals surface area contributed by atoms with Crippen molar-refractivity contribution in [1.29, 1.82) is 0 Å². The van der Waals surface area contributed by atoms with Crippen molar-refractivity contribution in [1.82, 2.24) is 9.62 Å². The summed E-state index contributed by atoms with van der Waals surface area (Å²) in [6.45, 7) is 3.45.